The lowest BCUT2D eigenvalue weighted by Gasteiger charge is -2.12. The third-order valence-corrected chi connectivity index (χ3v) is 3.92. The number of hydrogen-bond acceptors (Lipinski definition) is 4. The molecule has 2 amide bonds. The molecule has 0 bridgehead atoms. The van der Waals surface area contributed by atoms with Crippen LogP contribution in [-0.2, 0) is 11.3 Å². The molecule has 0 aliphatic rings. The van der Waals surface area contributed by atoms with Crippen LogP contribution in [0.4, 0.5) is 5.69 Å². The van der Waals surface area contributed by atoms with Gasteiger partial charge in [-0.05, 0) is 42.8 Å². The summed E-state index contributed by atoms with van der Waals surface area (Å²) < 4.78 is 10.7. The molecule has 2 aromatic rings. The highest BCUT2D eigenvalue weighted by atomic mass is 16.5. The highest BCUT2D eigenvalue weighted by Gasteiger charge is 2.11. The zero-order valence-corrected chi connectivity index (χ0v) is 16.2. The number of benzene rings is 2. The highest BCUT2D eigenvalue weighted by Crippen LogP contribution is 2.28. The lowest BCUT2D eigenvalue weighted by Crippen LogP contribution is -2.23. The molecule has 0 aliphatic heterocycles. The molecule has 0 saturated carbocycles. The predicted molar refractivity (Wildman–Crippen MR) is 105 cm³/mol. The first-order valence-electron chi connectivity index (χ1n) is 8.93. The molecule has 0 radical (unpaired) electrons. The van der Waals surface area contributed by atoms with E-state index in [9.17, 15) is 9.59 Å². The van der Waals surface area contributed by atoms with E-state index >= 15 is 0 Å². The third-order valence-electron chi connectivity index (χ3n) is 3.92. The summed E-state index contributed by atoms with van der Waals surface area (Å²) in [6, 6.07) is 12.5. The first-order valence-corrected chi connectivity index (χ1v) is 8.93. The number of nitrogens with one attached hydrogen (secondary N) is 2. The number of methoxy groups -OCH3 is 1. The van der Waals surface area contributed by atoms with Gasteiger partial charge in [-0.1, -0.05) is 26.0 Å². The summed E-state index contributed by atoms with van der Waals surface area (Å²) >= 11 is 0. The Morgan fingerprint density at radius 1 is 1.04 bits per heavy atom. The maximum Gasteiger partial charge on any atom is 0.251 e. The van der Waals surface area contributed by atoms with Gasteiger partial charge in [0, 0.05) is 23.7 Å². The molecule has 0 saturated heterocycles. The first kappa shape index (κ1) is 20.3. The van der Waals surface area contributed by atoms with Crippen LogP contribution < -0.4 is 20.1 Å². The standard InChI is InChI=1S/C21H26N2O4/c1-5-27-19-12-16(8-11-18(19)26-4)21(25)22-13-15-6-9-17(10-7-15)23-20(24)14(2)3/h6-12,14H,5,13H2,1-4H3,(H,22,25)(H,23,24). The Morgan fingerprint density at radius 2 is 1.74 bits per heavy atom. The average Bonchev–Trinajstić information content (AvgIpc) is 2.67. The molecule has 0 spiro atoms. The third kappa shape index (κ3) is 5.74. The molecular weight excluding hydrogens is 344 g/mol. The largest absolute Gasteiger partial charge is 0.493 e. The van der Waals surface area contributed by atoms with Crippen molar-refractivity contribution >= 4 is 17.5 Å². The van der Waals surface area contributed by atoms with E-state index in [1.54, 1.807) is 25.3 Å². The molecule has 0 aliphatic carbocycles. The van der Waals surface area contributed by atoms with Crippen molar-refractivity contribution in [2.24, 2.45) is 5.92 Å². The van der Waals surface area contributed by atoms with Gasteiger partial charge >= 0.3 is 0 Å². The van der Waals surface area contributed by atoms with Crippen molar-refractivity contribution in [2.45, 2.75) is 27.3 Å². The van der Waals surface area contributed by atoms with Crippen molar-refractivity contribution in [3.05, 3.63) is 53.6 Å². The van der Waals surface area contributed by atoms with Crippen LogP contribution in [0.2, 0.25) is 0 Å². The van der Waals surface area contributed by atoms with E-state index in [-0.39, 0.29) is 17.7 Å². The Hall–Kier alpha value is -3.02. The van der Waals surface area contributed by atoms with Gasteiger partial charge < -0.3 is 20.1 Å². The smallest absolute Gasteiger partial charge is 0.251 e. The summed E-state index contributed by atoms with van der Waals surface area (Å²) in [5, 5.41) is 5.71. The summed E-state index contributed by atoms with van der Waals surface area (Å²) in [7, 11) is 1.56. The summed E-state index contributed by atoms with van der Waals surface area (Å²) in [5.41, 5.74) is 2.17. The lowest BCUT2D eigenvalue weighted by molar-refractivity contribution is -0.118. The van der Waals surface area contributed by atoms with Gasteiger partial charge in [0.15, 0.2) is 11.5 Å². The van der Waals surface area contributed by atoms with E-state index in [4.69, 9.17) is 9.47 Å². The summed E-state index contributed by atoms with van der Waals surface area (Å²) in [4.78, 5) is 24.1. The fraction of sp³-hybridized carbons (Fsp3) is 0.333. The van der Waals surface area contributed by atoms with Crippen LogP contribution in [0.3, 0.4) is 0 Å². The molecule has 6 heteroatoms. The van der Waals surface area contributed by atoms with Crippen LogP contribution in [0.25, 0.3) is 0 Å². The van der Waals surface area contributed by atoms with E-state index in [0.29, 0.717) is 30.2 Å². The Bertz CT molecular complexity index is 785. The monoisotopic (exact) mass is 370 g/mol. The molecule has 0 atom stereocenters. The summed E-state index contributed by atoms with van der Waals surface area (Å²) in [5.74, 6) is 0.830. The van der Waals surface area contributed by atoms with Gasteiger partial charge in [-0.3, -0.25) is 9.59 Å². The predicted octanol–water partition coefficient (Wildman–Crippen LogP) is 3.62. The van der Waals surface area contributed by atoms with Gasteiger partial charge in [0.25, 0.3) is 5.91 Å². The number of anilines is 1. The van der Waals surface area contributed by atoms with Crippen molar-refractivity contribution in [3.63, 3.8) is 0 Å². The minimum atomic E-state index is -0.198. The molecule has 0 heterocycles. The van der Waals surface area contributed by atoms with Crippen LogP contribution in [0.15, 0.2) is 42.5 Å². The zero-order valence-electron chi connectivity index (χ0n) is 16.2. The van der Waals surface area contributed by atoms with Crippen molar-refractivity contribution in [1.29, 1.82) is 0 Å². The molecule has 2 aromatic carbocycles. The second kappa shape index (κ2) is 9.62. The molecule has 144 valence electrons. The summed E-state index contributed by atoms with van der Waals surface area (Å²) in [6.45, 7) is 6.43. The molecule has 0 aromatic heterocycles. The second-order valence-electron chi connectivity index (χ2n) is 6.32. The molecule has 6 nitrogen and oxygen atoms in total. The number of hydrogen-bond donors (Lipinski definition) is 2. The maximum atomic E-state index is 12.4. The Labute approximate surface area is 159 Å². The van der Waals surface area contributed by atoms with Gasteiger partial charge in [0.2, 0.25) is 5.91 Å². The SMILES string of the molecule is CCOc1cc(C(=O)NCc2ccc(NC(=O)C(C)C)cc2)ccc1OC. The van der Waals surface area contributed by atoms with Crippen LogP contribution in [0.5, 0.6) is 11.5 Å². The number of ether oxygens (including phenoxy) is 2. The Balaban J connectivity index is 1.97. The van der Waals surface area contributed by atoms with Gasteiger partial charge in [-0.25, -0.2) is 0 Å². The van der Waals surface area contributed by atoms with Crippen molar-refractivity contribution in [2.75, 3.05) is 19.0 Å². The van der Waals surface area contributed by atoms with Crippen LogP contribution in [0.1, 0.15) is 36.7 Å². The van der Waals surface area contributed by atoms with E-state index in [1.165, 1.54) is 0 Å². The fourth-order valence-electron chi connectivity index (χ4n) is 2.36. The van der Waals surface area contributed by atoms with E-state index in [2.05, 4.69) is 10.6 Å². The molecular formula is C21H26N2O4. The first-order chi connectivity index (χ1) is 12.9. The number of carbonyl (C=O) groups excluding carboxylic acids is 2. The highest BCUT2D eigenvalue weighted by molar-refractivity contribution is 5.95. The van der Waals surface area contributed by atoms with E-state index < -0.39 is 0 Å². The molecule has 0 fully saturated rings. The quantitative estimate of drug-likeness (QED) is 0.744. The topological polar surface area (TPSA) is 76.7 Å². The number of rotatable bonds is 8. The van der Waals surface area contributed by atoms with Crippen molar-refractivity contribution in [3.8, 4) is 11.5 Å². The molecule has 2 N–H and O–H groups in total. The second-order valence-corrected chi connectivity index (χ2v) is 6.32. The lowest BCUT2D eigenvalue weighted by atomic mass is 10.1. The maximum absolute atomic E-state index is 12.4. The number of amides is 2. The van der Waals surface area contributed by atoms with Gasteiger partial charge in [0.05, 0.1) is 13.7 Å². The van der Waals surface area contributed by atoms with Crippen LogP contribution in [-0.4, -0.2) is 25.5 Å². The molecule has 27 heavy (non-hydrogen) atoms. The Morgan fingerprint density at radius 3 is 2.33 bits per heavy atom. The molecule has 2 rings (SSSR count). The van der Waals surface area contributed by atoms with E-state index in [1.807, 2.05) is 45.0 Å². The minimum absolute atomic E-state index is 0.0272. The van der Waals surface area contributed by atoms with Crippen molar-refractivity contribution < 1.29 is 19.1 Å². The van der Waals surface area contributed by atoms with E-state index in [0.717, 1.165) is 11.3 Å². The van der Waals surface area contributed by atoms with Crippen LogP contribution in [0, 0.1) is 5.92 Å². The zero-order chi connectivity index (χ0) is 19.8. The summed E-state index contributed by atoms with van der Waals surface area (Å²) in [6.07, 6.45) is 0. The minimum Gasteiger partial charge on any atom is -0.493 e. The van der Waals surface area contributed by atoms with Gasteiger partial charge in [0.1, 0.15) is 0 Å². The number of carbonyl (C=O) groups is 2. The molecule has 0 unspecified atom stereocenters. The van der Waals surface area contributed by atoms with Crippen molar-refractivity contribution in [1.82, 2.24) is 5.32 Å². The Kier molecular flexibility index (Phi) is 7.23. The van der Waals surface area contributed by atoms with Crippen LogP contribution >= 0.6 is 0 Å². The van der Waals surface area contributed by atoms with Gasteiger partial charge in [-0.2, -0.15) is 0 Å². The normalized spacial score (nSPS) is 10.4. The fourth-order valence-corrected chi connectivity index (χ4v) is 2.36. The average molecular weight is 370 g/mol. The van der Waals surface area contributed by atoms with Gasteiger partial charge in [-0.15, -0.1) is 0 Å².